The predicted molar refractivity (Wildman–Crippen MR) is 130 cm³/mol. The van der Waals surface area contributed by atoms with Gasteiger partial charge in [-0.15, -0.1) is 11.3 Å². The summed E-state index contributed by atoms with van der Waals surface area (Å²) in [5.74, 6) is 0.305. The number of thiophene rings is 1. The molecule has 0 radical (unpaired) electrons. The van der Waals surface area contributed by atoms with Crippen LogP contribution in [0.1, 0.15) is 19.4 Å². The minimum Gasteiger partial charge on any atom is -0.488 e. The molecule has 0 unspecified atom stereocenters. The Balaban J connectivity index is 1.98. The van der Waals surface area contributed by atoms with Gasteiger partial charge in [-0.25, -0.2) is 8.42 Å². The van der Waals surface area contributed by atoms with Gasteiger partial charge in [0.05, 0.1) is 25.6 Å². The van der Waals surface area contributed by atoms with E-state index in [4.69, 9.17) is 4.74 Å². The smallest absolute Gasteiger partial charge is 0.252 e. The fourth-order valence-electron chi connectivity index (χ4n) is 3.83. The molecule has 0 aliphatic carbocycles. The summed E-state index contributed by atoms with van der Waals surface area (Å²) < 4.78 is 34.0. The van der Waals surface area contributed by atoms with Gasteiger partial charge in [-0.2, -0.15) is 4.31 Å². The van der Waals surface area contributed by atoms with Crippen molar-refractivity contribution in [3.63, 3.8) is 0 Å². The number of aliphatic hydroxyl groups excluding tert-OH is 1. The number of nitrogens with zero attached hydrogens (tertiary/aromatic N) is 3. The van der Waals surface area contributed by atoms with Crippen LogP contribution in [0.5, 0.6) is 5.75 Å². The van der Waals surface area contributed by atoms with Gasteiger partial charge in [0.1, 0.15) is 16.1 Å². The Morgan fingerprint density at radius 2 is 2.00 bits per heavy atom. The van der Waals surface area contributed by atoms with Crippen molar-refractivity contribution in [2.45, 2.75) is 36.6 Å². The zero-order chi connectivity index (χ0) is 24.3. The second-order valence-electron chi connectivity index (χ2n) is 8.79. The molecule has 0 bridgehead atoms. The lowest BCUT2D eigenvalue weighted by Crippen LogP contribution is -2.48. The molecule has 0 saturated carbocycles. The number of fused-ring (bicyclic) bond motifs is 1. The molecular weight excluding hydrogens is 462 g/mol. The van der Waals surface area contributed by atoms with E-state index in [2.05, 4.69) is 0 Å². The highest BCUT2D eigenvalue weighted by Crippen LogP contribution is 2.30. The van der Waals surface area contributed by atoms with Crippen LogP contribution < -0.4 is 9.64 Å². The minimum absolute atomic E-state index is 0.0932. The third kappa shape index (κ3) is 5.68. The second kappa shape index (κ2) is 10.4. The molecule has 3 rings (SSSR count). The molecule has 1 aliphatic heterocycles. The van der Waals surface area contributed by atoms with Gasteiger partial charge in [0.25, 0.3) is 10.0 Å². The van der Waals surface area contributed by atoms with E-state index in [0.717, 1.165) is 11.3 Å². The summed E-state index contributed by atoms with van der Waals surface area (Å²) >= 11 is 1.18. The van der Waals surface area contributed by atoms with E-state index in [1.54, 1.807) is 29.5 Å². The molecule has 2 aromatic rings. The Morgan fingerprint density at radius 3 is 2.61 bits per heavy atom. The van der Waals surface area contributed by atoms with Gasteiger partial charge in [0, 0.05) is 44.9 Å². The van der Waals surface area contributed by atoms with Crippen molar-refractivity contribution in [3.05, 3.63) is 41.3 Å². The number of sulfonamides is 1. The first-order valence-electron chi connectivity index (χ1n) is 10.9. The van der Waals surface area contributed by atoms with Crippen LogP contribution >= 0.6 is 11.3 Å². The topological polar surface area (TPSA) is 90.4 Å². The number of anilines is 1. The molecule has 1 amide bonds. The second-order valence-corrected chi connectivity index (χ2v) is 12.0. The van der Waals surface area contributed by atoms with E-state index in [1.165, 1.54) is 15.6 Å². The number of amides is 1. The standard InChI is InChI=1S/C23H33N3O5S2/c1-16-13-26(17(2)15-27)22(28)12-18-11-19(24(3)4)8-9-20(18)31-21(16)14-25(5)33(29,30)23-7-6-10-32-23/h6-11,16-17,21,27H,12-15H2,1-5H3/t16-,17+,21+/m0/s1. The largest absolute Gasteiger partial charge is 0.488 e. The van der Waals surface area contributed by atoms with Crippen LogP contribution in [0.2, 0.25) is 0 Å². The van der Waals surface area contributed by atoms with Crippen molar-refractivity contribution in [1.82, 2.24) is 9.21 Å². The van der Waals surface area contributed by atoms with Gasteiger partial charge in [-0.1, -0.05) is 13.0 Å². The first kappa shape index (κ1) is 25.5. The molecule has 1 aromatic carbocycles. The van der Waals surface area contributed by atoms with E-state index in [-0.39, 0.29) is 41.6 Å². The number of carbonyl (C=O) groups is 1. The highest BCUT2D eigenvalue weighted by molar-refractivity contribution is 7.91. The molecule has 1 aliphatic rings. The molecule has 182 valence electrons. The number of hydrogen-bond donors (Lipinski definition) is 1. The lowest BCUT2D eigenvalue weighted by molar-refractivity contribution is -0.134. The van der Waals surface area contributed by atoms with Crippen LogP contribution in [0.4, 0.5) is 5.69 Å². The molecule has 0 spiro atoms. The quantitative estimate of drug-likeness (QED) is 0.634. The summed E-state index contributed by atoms with van der Waals surface area (Å²) in [4.78, 5) is 16.8. The van der Waals surface area contributed by atoms with Crippen molar-refractivity contribution in [2.75, 3.05) is 45.7 Å². The summed E-state index contributed by atoms with van der Waals surface area (Å²) in [6.45, 7) is 4.09. The molecule has 2 heterocycles. The Kier molecular flexibility index (Phi) is 8.04. The minimum atomic E-state index is -3.64. The average Bonchev–Trinajstić information content (AvgIpc) is 3.33. The third-order valence-corrected chi connectivity index (χ3v) is 9.21. The Labute approximate surface area is 200 Å². The number of benzene rings is 1. The van der Waals surface area contributed by atoms with Crippen molar-refractivity contribution < 1.29 is 23.1 Å². The van der Waals surface area contributed by atoms with Gasteiger partial charge < -0.3 is 19.6 Å². The number of likely N-dealkylation sites (N-methyl/N-ethyl adjacent to an activating group) is 1. The van der Waals surface area contributed by atoms with Crippen LogP contribution in [0, 0.1) is 5.92 Å². The molecule has 10 heteroatoms. The summed E-state index contributed by atoms with van der Waals surface area (Å²) in [5.41, 5.74) is 1.68. The maximum atomic E-state index is 13.2. The molecule has 0 saturated heterocycles. The Bertz CT molecular complexity index is 1060. The molecule has 8 nitrogen and oxygen atoms in total. The molecule has 0 fully saturated rings. The van der Waals surface area contributed by atoms with E-state index >= 15 is 0 Å². The van der Waals surface area contributed by atoms with Crippen LogP contribution in [-0.4, -0.2) is 81.6 Å². The van der Waals surface area contributed by atoms with Crippen molar-refractivity contribution in [2.24, 2.45) is 5.92 Å². The predicted octanol–water partition coefficient (Wildman–Crippen LogP) is 2.28. The zero-order valence-electron chi connectivity index (χ0n) is 19.8. The first-order chi connectivity index (χ1) is 15.5. The van der Waals surface area contributed by atoms with E-state index in [9.17, 15) is 18.3 Å². The summed E-state index contributed by atoms with van der Waals surface area (Å²) in [5, 5.41) is 11.5. The Hall–Kier alpha value is -2.14. The van der Waals surface area contributed by atoms with Crippen LogP contribution in [0.25, 0.3) is 0 Å². The van der Waals surface area contributed by atoms with Crippen molar-refractivity contribution in [1.29, 1.82) is 0 Å². The molecule has 1 N–H and O–H groups in total. The fourth-order valence-corrected chi connectivity index (χ4v) is 6.21. The van der Waals surface area contributed by atoms with Crippen LogP contribution in [-0.2, 0) is 21.2 Å². The number of carbonyl (C=O) groups excluding carboxylic acids is 1. The van der Waals surface area contributed by atoms with E-state index in [0.29, 0.717) is 12.3 Å². The lowest BCUT2D eigenvalue weighted by atomic mass is 10.0. The lowest BCUT2D eigenvalue weighted by Gasteiger charge is -2.33. The van der Waals surface area contributed by atoms with Gasteiger partial charge in [-0.05, 0) is 36.6 Å². The summed E-state index contributed by atoms with van der Waals surface area (Å²) in [7, 11) is 1.76. The number of aliphatic hydroxyl groups is 1. The molecule has 3 atom stereocenters. The van der Waals surface area contributed by atoms with Gasteiger partial charge >= 0.3 is 0 Å². The maximum Gasteiger partial charge on any atom is 0.252 e. The number of ether oxygens (including phenoxy) is 1. The SMILES string of the molecule is C[C@H](CO)N1C[C@H](C)[C@@H](CN(C)S(=O)(=O)c2cccs2)Oc2ccc(N(C)C)cc2CC1=O. The third-order valence-electron chi connectivity index (χ3n) is 6.01. The highest BCUT2D eigenvalue weighted by atomic mass is 32.2. The zero-order valence-corrected chi connectivity index (χ0v) is 21.4. The first-order valence-corrected chi connectivity index (χ1v) is 13.2. The maximum absolute atomic E-state index is 13.2. The van der Waals surface area contributed by atoms with Gasteiger partial charge in [0.2, 0.25) is 5.91 Å². The molecule has 33 heavy (non-hydrogen) atoms. The van der Waals surface area contributed by atoms with Crippen molar-refractivity contribution >= 4 is 33.0 Å². The van der Waals surface area contributed by atoms with Crippen LogP contribution in [0.15, 0.2) is 39.9 Å². The van der Waals surface area contributed by atoms with E-state index < -0.39 is 16.1 Å². The summed E-state index contributed by atoms with van der Waals surface area (Å²) in [6, 6.07) is 8.63. The number of rotatable bonds is 7. The molecular formula is C23H33N3O5S2. The number of hydrogen-bond acceptors (Lipinski definition) is 7. The van der Waals surface area contributed by atoms with Crippen LogP contribution in [0.3, 0.4) is 0 Å². The average molecular weight is 496 g/mol. The monoisotopic (exact) mass is 495 g/mol. The highest BCUT2D eigenvalue weighted by Gasteiger charge is 2.33. The normalized spacial score (nSPS) is 20.5. The fraction of sp³-hybridized carbons (Fsp3) is 0.522. The van der Waals surface area contributed by atoms with Gasteiger partial charge in [0.15, 0.2) is 0 Å². The Morgan fingerprint density at radius 1 is 1.27 bits per heavy atom. The molecule has 1 aromatic heterocycles. The summed E-state index contributed by atoms with van der Waals surface area (Å²) in [6.07, 6.45) is -0.350. The van der Waals surface area contributed by atoms with Gasteiger partial charge in [-0.3, -0.25) is 4.79 Å². The van der Waals surface area contributed by atoms with Crippen molar-refractivity contribution in [3.8, 4) is 5.75 Å². The van der Waals surface area contributed by atoms with E-state index in [1.807, 2.05) is 51.0 Å².